The molecule has 2 fully saturated rings. The topological polar surface area (TPSA) is 61.4 Å². The van der Waals surface area contributed by atoms with E-state index in [9.17, 15) is 9.90 Å². The van der Waals surface area contributed by atoms with Gasteiger partial charge in [-0.2, -0.15) is 0 Å². The third-order valence-electron chi connectivity index (χ3n) is 4.06. The van der Waals surface area contributed by atoms with Crippen LogP contribution in [0.3, 0.4) is 0 Å². The summed E-state index contributed by atoms with van der Waals surface area (Å²) >= 11 is 0. The van der Waals surface area contributed by atoms with Gasteiger partial charge in [0.05, 0.1) is 6.10 Å². The minimum atomic E-state index is -0.202. The number of hydrogen-bond acceptors (Lipinski definition) is 3. The maximum atomic E-state index is 11.6. The molecular weight excluding hydrogens is 252 g/mol. The SMILES string of the molecule is Cl.O=C(CCC1CCCN1)NCC1CCCC1O. The van der Waals surface area contributed by atoms with Gasteiger partial charge < -0.3 is 15.7 Å². The summed E-state index contributed by atoms with van der Waals surface area (Å²) in [4.78, 5) is 11.6. The molecule has 0 spiro atoms. The fourth-order valence-corrected chi connectivity index (χ4v) is 2.90. The summed E-state index contributed by atoms with van der Waals surface area (Å²) in [5.41, 5.74) is 0. The van der Waals surface area contributed by atoms with Gasteiger partial charge in [0, 0.05) is 24.9 Å². The van der Waals surface area contributed by atoms with E-state index in [0.717, 1.165) is 32.2 Å². The van der Waals surface area contributed by atoms with Gasteiger partial charge in [0.25, 0.3) is 0 Å². The van der Waals surface area contributed by atoms with Crippen molar-refractivity contribution in [3.8, 4) is 0 Å². The van der Waals surface area contributed by atoms with Gasteiger partial charge >= 0.3 is 0 Å². The smallest absolute Gasteiger partial charge is 0.220 e. The molecule has 2 aliphatic rings. The Kier molecular flexibility index (Phi) is 6.97. The van der Waals surface area contributed by atoms with Gasteiger partial charge in [-0.05, 0) is 38.6 Å². The summed E-state index contributed by atoms with van der Waals surface area (Å²) in [5, 5.41) is 16.0. The van der Waals surface area contributed by atoms with Crippen molar-refractivity contribution in [3.63, 3.8) is 0 Å². The molecule has 0 radical (unpaired) electrons. The van der Waals surface area contributed by atoms with Crippen LogP contribution in [0.15, 0.2) is 0 Å². The third kappa shape index (κ3) is 4.75. The van der Waals surface area contributed by atoms with E-state index in [2.05, 4.69) is 10.6 Å². The molecule has 18 heavy (non-hydrogen) atoms. The lowest BCUT2D eigenvalue weighted by Crippen LogP contribution is -2.33. The molecular formula is C13H25ClN2O2. The average Bonchev–Trinajstić information content (AvgIpc) is 2.95. The molecule has 3 N–H and O–H groups in total. The lowest BCUT2D eigenvalue weighted by molar-refractivity contribution is -0.121. The van der Waals surface area contributed by atoms with Crippen molar-refractivity contribution in [1.29, 1.82) is 0 Å². The highest BCUT2D eigenvalue weighted by Gasteiger charge is 2.25. The first kappa shape index (κ1) is 15.7. The zero-order valence-corrected chi connectivity index (χ0v) is 11.7. The highest BCUT2D eigenvalue weighted by atomic mass is 35.5. The third-order valence-corrected chi connectivity index (χ3v) is 4.06. The van der Waals surface area contributed by atoms with Gasteiger partial charge in [-0.15, -0.1) is 12.4 Å². The molecule has 3 unspecified atom stereocenters. The highest BCUT2D eigenvalue weighted by Crippen LogP contribution is 2.24. The van der Waals surface area contributed by atoms with Gasteiger partial charge in [0.1, 0.15) is 0 Å². The van der Waals surface area contributed by atoms with Gasteiger partial charge in [-0.1, -0.05) is 6.42 Å². The average molecular weight is 277 g/mol. The molecule has 0 aromatic heterocycles. The monoisotopic (exact) mass is 276 g/mol. The van der Waals surface area contributed by atoms with Crippen LogP contribution in [0.2, 0.25) is 0 Å². The Balaban J connectivity index is 0.00000162. The van der Waals surface area contributed by atoms with E-state index < -0.39 is 0 Å². The predicted octanol–water partition coefficient (Wildman–Crippen LogP) is 1.22. The van der Waals surface area contributed by atoms with Gasteiger partial charge in [-0.3, -0.25) is 4.79 Å². The quantitative estimate of drug-likeness (QED) is 0.708. The standard InChI is InChI=1S/C13H24N2O2.ClH/c16-12-5-1-3-10(12)9-15-13(17)7-6-11-4-2-8-14-11;/h10-12,14,16H,1-9H2,(H,15,17);1H. The van der Waals surface area contributed by atoms with Crippen molar-refractivity contribution in [2.75, 3.05) is 13.1 Å². The summed E-state index contributed by atoms with van der Waals surface area (Å²) < 4.78 is 0. The lowest BCUT2D eigenvalue weighted by Gasteiger charge is -2.15. The lowest BCUT2D eigenvalue weighted by atomic mass is 10.1. The number of amides is 1. The van der Waals surface area contributed by atoms with Crippen molar-refractivity contribution in [2.45, 2.75) is 57.1 Å². The molecule has 106 valence electrons. The Hall–Kier alpha value is -0.320. The first-order valence-electron chi connectivity index (χ1n) is 6.94. The summed E-state index contributed by atoms with van der Waals surface area (Å²) in [6.45, 7) is 1.75. The Morgan fingerprint density at radius 1 is 1.28 bits per heavy atom. The fourth-order valence-electron chi connectivity index (χ4n) is 2.90. The number of hydrogen-bond donors (Lipinski definition) is 3. The molecule has 2 rings (SSSR count). The summed E-state index contributed by atoms with van der Waals surface area (Å²) in [6.07, 6.45) is 6.83. The van der Waals surface area contributed by atoms with Crippen molar-refractivity contribution in [1.82, 2.24) is 10.6 Å². The molecule has 3 atom stereocenters. The van der Waals surface area contributed by atoms with Crippen LogP contribution < -0.4 is 10.6 Å². The van der Waals surface area contributed by atoms with E-state index in [1.807, 2.05) is 0 Å². The van der Waals surface area contributed by atoms with Gasteiger partial charge in [0.2, 0.25) is 5.91 Å². The summed E-state index contributed by atoms with van der Waals surface area (Å²) in [5.74, 6) is 0.418. The molecule has 5 heteroatoms. The Labute approximate surface area is 115 Å². The van der Waals surface area contributed by atoms with Crippen molar-refractivity contribution >= 4 is 18.3 Å². The Bertz CT molecular complexity index is 257. The maximum Gasteiger partial charge on any atom is 0.220 e. The fraction of sp³-hybridized carbons (Fsp3) is 0.923. The van der Waals surface area contributed by atoms with Crippen LogP contribution in [0.1, 0.15) is 44.9 Å². The zero-order valence-electron chi connectivity index (χ0n) is 10.9. The molecule has 0 aromatic carbocycles. The second kappa shape index (κ2) is 7.97. The summed E-state index contributed by atoms with van der Waals surface area (Å²) in [7, 11) is 0. The minimum Gasteiger partial charge on any atom is -0.393 e. The van der Waals surface area contributed by atoms with E-state index in [0.29, 0.717) is 19.0 Å². The zero-order chi connectivity index (χ0) is 12.1. The first-order valence-corrected chi connectivity index (χ1v) is 6.94. The second-order valence-electron chi connectivity index (χ2n) is 5.39. The van der Waals surface area contributed by atoms with Crippen LogP contribution in [0.25, 0.3) is 0 Å². The van der Waals surface area contributed by atoms with Crippen LogP contribution in [0, 0.1) is 5.92 Å². The summed E-state index contributed by atoms with van der Waals surface area (Å²) in [6, 6.07) is 0.540. The van der Waals surface area contributed by atoms with E-state index in [4.69, 9.17) is 0 Å². The second-order valence-corrected chi connectivity index (χ2v) is 5.39. The first-order chi connectivity index (χ1) is 8.25. The molecule has 0 aromatic rings. The van der Waals surface area contributed by atoms with Crippen LogP contribution in [0.4, 0.5) is 0 Å². The van der Waals surface area contributed by atoms with E-state index >= 15 is 0 Å². The van der Waals surface area contributed by atoms with E-state index in [1.165, 1.54) is 12.8 Å². The van der Waals surface area contributed by atoms with Crippen molar-refractivity contribution < 1.29 is 9.90 Å². The highest BCUT2D eigenvalue weighted by molar-refractivity contribution is 5.85. The molecule has 1 amide bonds. The number of carbonyl (C=O) groups excluding carboxylic acids is 1. The largest absolute Gasteiger partial charge is 0.393 e. The van der Waals surface area contributed by atoms with Gasteiger partial charge in [-0.25, -0.2) is 0 Å². The molecule has 1 aliphatic carbocycles. The normalized spacial score (nSPS) is 31.1. The van der Waals surface area contributed by atoms with E-state index in [-0.39, 0.29) is 30.3 Å². The number of aliphatic hydroxyl groups is 1. The number of halogens is 1. The molecule has 1 saturated heterocycles. The number of aliphatic hydroxyl groups excluding tert-OH is 1. The number of nitrogens with one attached hydrogen (secondary N) is 2. The molecule has 1 aliphatic heterocycles. The van der Waals surface area contributed by atoms with Crippen molar-refractivity contribution in [3.05, 3.63) is 0 Å². The van der Waals surface area contributed by atoms with Crippen LogP contribution in [-0.4, -0.2) is 36.2 Å². The predicted molar refractivity (Wildman–Crippen MR) is 73.9 cm³/mol. The van der Waals surface area contributed by atoms with Gasteiger partial charge in [0.15, 0.2) is 0 Å². The Morgan fingerprint density at radius 3 is 2.72 bits per heavy atom. The van der Waals surface area contributed by atoms with Crippen LogP contribution >= 0.6 is 12.4 Å². The molecule has 1 saturated carbocycles. The number of rotatable bonds is 5. The van der Waals surface area contributed by atoms with Crippen LogP contribution in [0.5, 0.6) is 0 Å². The van der Waals surface area contributed by atoms with Crippen LogP contribution in [-0.2, 0) is 4.79 Å². The maximum absolute atomic E-state index is 11.6. The molecule has 4 nitrogen and oxygen atoms in total. The Morgan fingerprint density at radius 2 is 2.11 bits per heavy atom. The number of carbonyl (C=O) groups is 1. The minimum absolute atomic E-state index is 0. The van der Waals surface area contributed by atoms with E-state index in [1.54, 1.807) is 0 Å². The van der Waals surface area contributed by atoms with Crippen molar-refractivity contribution in [2.24, 2.45) is 5.92 Å². The molecule has 0 bridgehead atoms. The molecule has 1 heterocycles.